The first-order chi connectivity index (χ1) is 9.70. The molecule has 2 rings (SSSR count). The lowest BCUT2D eigenvalue weighted by Gasteiger charge is -2.51. The Morgan fingerprint density at radius 3 is 2.81 bits per heavy atom. The van der Waals surface area contributed by atoms with Gasteiger partial charge in [0.2, 0.25) is 0 Å². The topological polar surface area (TPSA) is 106 Å². The predicted molar refractivity (Wildman–Crippen MR) is 77.0 cm³/mol. The lowest BCUT2D eigenvalue weighted by Crippen LogP contribution is -2.61. The van der Waals surface area contributed by atoms with Crippen molar-refractivity contribution in [2.75, 3.05) is 6.61 Å². The molecular formula is C12H18N2O5S2. The monoisotopic (exact) mass is 334 g/mol. The van der Waals surface area contributed by atoms with E-state index >= 15 is 0 Å². The summed E-state index contributed by atoms with van der Waals surface area (Å²) in [6, 6.07) is -0.289. The van der Waals surface area contributed by atoms with Crippen molar-refractivity contribution in [2.45, 2.75) is 43.5 Å². The van der Waals surface area contributed by atoms with Gasteiger partial charge in [0.15, 0.2) is 9.90 Å². The molecule has 0 amide bonds. The fourth-order valence-corrected chi connectivity index (χ4v) is 4.94. The minimum absolute atomic E-state index is 0.00407. The van der Waals surface area contributed by atoms with Gasteiger partial charge in [-0.2, -0.15) is 0 Å². The maximum atomic E-state index is 12.3. The summed E-state index contributed by atoms with van der Waals surface area (Å²) in [5, 5.41) is 8.97. The highest BCUT2D eigenvalue weighted by molar-refractivity contribution is 7.91. The Morgan fingerprint density at radius 2 is 2.29 bits per heavy atom. The van der Waals surface area contributed by atoms with Gasteiger partial charge in [0.25, 0.3) is 10.0 Å². The summed E-state index contributed by atoms with van der Waals surface area (Å²) in [6.45, 7) is 6.32. The zero-order chi connectivity index (χ0) is 15.8. The van der Waals surface area contributed by atoms with Gasteiger partial charge in [-0.05, 0) is 13.3 Å². The number of aromatic carboxylic acids is 1. The third-order valence-electron chi connectivity index (χ3n) is 3.82. The van der Waals surface area contributed by atoms with E-state index in [1.807, 2.05) is 20.8 Å². The summed E-state index contributed by atoms with van der Waals surface area (Å²) in [4.78, 5) is 14.6. The number of nitrogens with zero attached hydrogens (tertiary/aromatic N) is 1. The van der Waals surface area contributed by atoms with Gasteiger partial charge in [-0.3, -0.25) is 0 Å². The van der Waals surface area contributed by atoms with E-state index in [-0.39, 0.29) is 21.8 Å². The van der Waals surface area contributed by atoms with Gasteiger partial charge in [0.05, 0.1) is 11.6 Å². The van der Waals surface area contributed by atoms with Crippen LogP contribution in [0.5, 0.6) is 0 Å². The van der Waals surface area contributed by atoms with E-state index in [1.54, 1.807) is 0 Å². The number of carboxylic acids is 1. The molecule has 0 saturated heterocycles. The number of rotatable bonds is 6. The lowest BCUT2D eigenvalue weighted by molar-refractivity contribution is -0.108. The van der Waals surface area contributed by atoms with Crippen molar-refractivity contribution in [1.82, 2.24) is 9.71 Å². The van der Waals surface area contributed by atoms with E-state index in [2.05, 4.69) is 9.71 Å². The maximum absolute atomic E-state index is 12.3. The zero-order valence-electron chi connectivity index (χ0n) is 12.0. The van der Waals surface area contributed by atoms with Gasteiger partial charge in [-0.25, -0.2) is 22.9 Å². The van der Waals surface area contributed by atoms with Crippen LogP contribution in [0.15, 0.2) is 9.72 Å². The highest BCUT2D eigenvalue weighted by atomic mass is 32.2. The molecule has 1 heterocycles. The molecule has 1 fully saturated rings. The number of nitrogens with one attached hydrogen (secondary N) is 1. The quantitative estimate of drug-likeness (QED) is 0.813. The molecule has 0 spiro atoms. The largest absolute Gasteiger partial charge is 0.476 e. The normalized spacial score (nSPS) is 24.5. The summed E-state index contributed by atoms with van der Waals surface area (Å²) in [7, 11) is -3.89. The Bertz CT molecular complexity index is 638. The molecule has 7 nitrogen and oxygen atoms in total. The summed E-state index contributed by atoms with van der Waals surface area (Å²) in [5.41, 5.74) is 0.440. The van der Waals surface area contributed by atoms with Crippen molar-refractivity contribution in [3.8, 4) is 0 Å². The molecule has 118 valence electrons. The van der Waals surface area contributed by atoms with Crippen LogP contribution < -0.4 is 4.72 Å². The fraction of sp³-hybridized carbons (Fsp3) is 0.667. The molecule has 0 radical (unpaired) electrons. The van der Waals surface area contributed by atoms with E-state index in [0.29, 0.717) is 13.0 Å². The van der Waals surface area contributed by atoms with Crippen molar-refractivity contribution in [1.29, 1.82) is 0 Å². The molecule has 1 aliphatic rings. The molecule has 0 bridgehead atoms. The molecule has 2 atom stereocenters. The Kier molecular flexibility index (Phi) is 4.39. The number of ether oxygens (including phenoxy) is 1. The predicted octanol–water partition coefficient (Wildman–Crippen LogP) is 1.32. The molecule has 0 aliphatic heterocycles. The first-order valence-corrected chi connectivity index (χ1v) is 8.87. The smallest absolute Gasteiger partial charge is 0.356 e. The van der Waals surface area contributed by atoms with E-state index < -0.39 is 21.7 Å². The van der Waals surface area contributed by atoms with Gasteiger partial charge < -0.3 is 9.84 Å². The van der Waals surface area contributed by atoms with Crippen LogP contribution in [0.4, 0.5) is 0 Å². The number of aromatic nitrogens is 1. The maximum Gasteiger partial charge on any atom is 0.356 e. The summed E-state index contributed by atoms with van der Waals surface area (Å²) in [5.74, 6) is -1.35. The minimum Gasteiger partial charge on any atom is -0.476 e. The third kappa shape index (κ3) is 2.96. The number of carboxylic acid groups (broad SMARTS) is 1. The first-order valence-electron chi connectivity index (χ1n) is 6.50. The highest BCUT2D eigenvalue weighted by Gasteiger charge is 2.50. The van der Waals surface area contributed by atoms with Crippen LogP contribution in [0.25, 0.3) is 0 Å². The standard InChI is InChI=1S/C12H18N2O5S2/c1-4-19-8-5-7(12(8,2)3)14-21(17,18)11-9(10(15)16)13-6-20-11/h6-8,14H,4-5H2,1-3H3,(H,15,16). The van der Waals surface area contributed by atoms with Crippen LogP contribution in [0, 0.1) is 5.41 Å². The van der Waals surface area contributed by atoms with Crippen LogP contribution in [0.1, 0.15) is 37.7 Å². The molecule has 1 aromatic heterocycles. The molecule has 21 heavy (non-hydrogen) atoms. The van der Waals surface area contributed by atoms with E-state index in [4.69, 9.17) is 9.84 Å². The van der Waals surface area contributed by atoms with E-state index in [1.165, 1.54) is 5.51 Å². The SMILES string of the molecule is CCOC1CC(NS(=O)(=O)c2scnc2C(=O)O)C1(C)C. The Hall–Kier alpha value is -1.03. The number of hydrogen-bond acceptors (Lipinski definition) is 6. The summed E-state index contributed by atoms with van der Waals surface area (Å²) >= 11 is 0.799. The second-order valence-electron chi connectivity index (χ2n) is 5.47. The van der Waals surface area contributed by atoms with Crippen LogP contribution in [0.3, 0.4) is 0 Å². The Labute approximate surface area is 127 Å². The summed E-state index contributed by atoms with van der Waals surface area (Å²) < 4.78 is 32.5. The zero-order valence-corrected chi connectivity index (χ0v) is 13.6. The van der Waals surface area contributed by atoms with Crippen molar-refractivity contribution in [3.05, 3.63) is 11.2 Å². The van der Waals surface area contributed by atoms with E-state index in [0.717, 1.165) is 11.3 Å². The van der Waals surface area contributed by atoms with Crippen LogP contribution >= 0.6 is 11.3 Å². The van der Waals surface area contributed by atoms with Gasteiger partial charge in [0.1, 0.15) is 0 Å². The van der Waals surface area contributed by atoms with Crippen molar-refractivity contribution in [2.24, 2.45) is 5.41 Å². The van der Waals surface area contributed by atoms with Crippen molar-refractivity contribution < 1.29 is 23.1 Å². The van der Waals surface area contributed by atoms with Crippen molar-refractivity contribution in [3.63, 3.8) is 0 Å². The van der Waals surface area contributed by atoms with Crippen LogP contribution in [-0.2, 0) is 14.8 Å². The van der Waals surface area contributed by atoms with Gasteiger partial charge in [-0.15, -0.1) is 11.3 Å². The van der Waals surface area contributed by atoms with Crippen LogP contribution in [-0.4, -0.2) is 43.2 Å². The molecule has 1 saturated carbocycles. The first kappa shape index (κ1) is 16.3. The van der Waals surface area contributed by atoms with Crippen LogP contribution in [0.2, 0.25) is 0 Å². The lowest BCUT2D eigenvalue weighted by atomic mass is 9.65. The van der Waals surface area contributed by atoms with Crippen molar-refractivity contribution >= 4 is 27.3 Å². The van der Waals surface area contributed by atoms with E-state index in [9.17, 15) is 13.2 Å². The Balaban J connectivity index is 2.16. The molecule has 1 aliphatic carbocycles. The Morgan fingerprint density at radius 1 is 1.62 bits per heavy atom. The average molecular weight is 334 g/mol. The van der Waals surface area contributed by atoms with Gasteiger partial charge >= 0.3 is 5.97 Å². The average Bonchev–Trinajstić information content (AvgIpc) is 2.87. The number of sulfonamides is 1. The highest BCUT2D eigenvalue weighted by Crippen LogP contribution is 2.43. The second-order valence-corrected chi connectivity index (χ2v) is 8.23. The molecule has 1 aromatic rings. The molecule has 2 N–H and O–H groups in total. The molecular weight excluding hydrogens is 316 g/mol. The summed E-state index contributed by atoms with van der Waals surface area (Å²) in [6.07, 6.45) is 0.567. The molecule has 0 aromatic carbocycles. The van der Waals surface area contributed by atoms with Gasteiger partial charge in [0, 0.05) is 18.1 Å². The second kappa shape index (κ2) is 5.64. The number of thiazole rings is 1. The molecule has 2 unspecified atom stereocenters. The van der Waals surface area contributed by atoms with Gasteiger partial charge in [-0.1, -0.05) is 13.8 Å². The minimum atomic E-state index is -3.89. The fourth-order valence-electron chi connectivity index (χ4n) is 2.38. The number of hydrogen-bond donors (Lipinski definition) is 2. The molecule has 9 heteroatoms. The number of carbonyl (C=O) groups is 1. The third-order valence-corrected chi connectivity index (χ3v) is 6.67.